The molecule has 0 spiro atoms. The lowest BCUT2D eigenvalue weighted by Gasteiger charge is -2.19. The average Bonchev–Trinajstić information content (AvgIpc) is 3.14. The van der Waals surface area contributed by atoms with Gasteiger partial charge in [0.25, 0.3) is 0 Å². The van der Waals surface area contributed by atoms with Gasteiger partial charge in [-0.2, -0.15) is 0 Å². The van der Waals surface area contributed by atoms with Crippen LogP contribution in [0, 0.1) is 0 Å². The van der Waals surface area contributed by atoms with Crippen molar-refractivity contribution in [3.8, 4) is 0 Å². The summed E-state index contributed by atoms with van der Waals surface area (Å²) < 4.78 is 23.1. The first-order valence-electron chi connectivity index (χ1n) is 8.74. The predicted molar refractivity (Wildman–Crippen MR) is 99.6 cm³/mol. The number of benzene rings is 2. The molecular weight excluding hydrogens is 336 g/mol. The fourth-order valence-corrected chi connectivity index (χ4v) is 5.58. The Bertz CT molecular complexity index is 942. The number of hydrogen-bond donors (Lipinski definition) is 2. The first kappa shape index (κ1) is 16.4. The van der Waals surface area contributed by atoms with Gasteiger partial charge in [-0.05, 0) is 48.8 Å². The van der Waals surface area contributed by atoms with Gasteiger partial charge in [0.1, 0.15) is 6.04 Å². The Morgan fingerprint density at radius 3 is 2.64 bits per heavy atom. The highest BCUT2D eigenvalue weighted by Gasteiger charge is 2.30. The van der Waals surface area contributed by atoms with Gasteiger partial charge >= 0.3 is 0 Å². The van der Waals surface area contributed by atoms with Crippen LogP contribution in [-0.4, -0.2) is 37.9 Å². The van der Waals surface area contributed by atoms with Gasteiger partial charge in [0, 0.05) is 17.1 Å². The molecule has 1 heterocycles. The first-order valence-corrected chi connectivity index (χ1v) is 10.6. The molecule has 2 aliphatic rings. The summed E-state index contributed by atoms with van der Waals surface area (Å²) in [6, 6.07) is 9.79. The van der Waals surface area contributed by atoms with E-state index in [1.807, 2.05) is 13.0 Å². The number of sulfone groups is 1. The Morgan fingerprint density at radius 1 is 1.16 bits per heavy atom. The van der Waals surface area contributed by atoms with Gasteiger partial charge in [0.2, 0.25) is 5.91 Å². The molecule has 4 rings (SSSR count). The molecule has 0 aromatic heterocycles. The van der Waals surface area contributed by atoms with Crippen LogP contribution in [0.25, 0.3) is 10.8 Å². The minimum atomic E-state index is -2.99. The van der Waals surface area contributed by atoms with Crippen molar-refractivity contribution in [1.82, 2.24) is 5.32 Å². The number of anilines is 1. The lowest BCUT2D eigenvalue weighted by Crippen LogP contribution is -2.43. The van der Waals surface area contributed by atoms with Crippen LogP contribution in [0.4, 0.5) is 5.69 Å². The maximum Gasteiger partial charge on any atom is 0.242 e. The predicted octanol–water partition coefficient (Wildman–Crippen LogP) is 2.04. The third kappa shape index (κ3) is 3.11. The number of amides is 1. The largest absolute Gasteiger partial charge is 0.373 e. The van der Waals surface area contributed by atoms with Crippen LogP contribution in [-0.2, 0) is 27.5 Å². The topological polar surface area (TPSA) is 75.3 Å². The van der Waals surface area contributed by atoms with E-state index in [1.165, 1.54) is 16.5 Å². The van der Waals surface area contributed by atoms with Crippen molar-refractivity contribution in [2.45, 2.75) is 38.3 Å². The maximum atomic E-state index is 12.4. The summed E-state index contributed by atoms with van der Waals surface area (Å²) in [7, 11) is -2.99. The molecule has 2 atom stereocenters. The van der Waals surface area contributed by atoms with E-state index in [4.69, 9.17) is 0 Å². The van der Waals surface area contributed by atoms with E-state index in [1.54, 1.807) is 0 Å². The lowest BCUT2D eigenvalue weighted by molar-refractivity contribution is -0.122. The lowest BCUT2D eigenvalue weighted by atomic mass is 10.0. The second-order valence-electron chi connectivity index (χ2n) is 7.09. The second kappa shape index (κ2) is 6.02. The standard InChI is InChI=1S/C19H22N2O3S/c1-12(19(22)21-15-9-10-25(23,24)11-15)20-17-8-7-14-6-5-13-3-2-4-16(17)18(13)14/h2-4,7-8,12,15,20H,5-6,9-11H2,1H3,(H,21,22). The molecule has 2 unspecified atom stereocenters. The van der Waals surface area contributed by atoms with Crippen molar-refractivity contribution in [2.75, 3.05) is 16.8 Å². The Labute approximate surface area is 147 Å². The van der Waals surface area contributed by atoms with Crippen molar-refractivity contribution in [2.24, 2.45) is 0 Å². The van der Waals surface area contributed by atoms with Gasteiger partial charge in [-0.1, -0.05) is 24.3 Å². The Morgan fingerprint density at radius 2 is 1.92 bits per heavy atom. The SMILES string of the molecule is CC(Nc1ccc2c3c(cccc13)CC2)C(=O)NC1CCS(=O)(=O)C1. The van der Waals surface area contributed by atoms with Crippen molar-refractivity contribution in [3.63, 3.8) is 0 Å². The highest BCUT2D eigenvalue weighted by Crippen LogP contribution is 2.35. The minimum absolute atomic E-state index is 0.0481. The van der Waals surface area contributed by atoms with Gasteiger partial charge in [-0.15, -0.1) is 0 Å². The Hall–Kier alpha value is -2.08. The Balaban J connectivity index is 1.51. The molecule has 132 valence electrons. The monoisotopic (exact) mass is 358 g/mol. The van der Waals surface area contributed by atoms with Gasteiger partial charge in [-0.25, -0.2) is 8.42 Å². The molecule has 25 heavy (non-hydrogen) atoms. The van der Waals surface area contributed by atoms with Crippen LogP contribution in [0.5, 0.6) is 0 Å². The van der Waals surface area contributed by atoms with Crippen molar-refractivity contribution >= 4 is 32.2 Å². The molecular formula is C19H22N2O3S. The summed E-state index contributed by atoms with van der Waals surface area (Å²) in [6.45, 7) is 1.81. The first-order chi connectivity index (χ1) is 11.9. The number of nitrogens with one attached hydrogen (secondary N) is 2. The number of carbonyl (C=O) groups excluding carboxylic acids is 1. The average molecular weight is 358 g/mol. The van der Waals surface area contributed by atoms with Crippen LogP contribution in [0.15, 0.2) is 30.3 Å². The number of aryl methyl sites for hydroxylation is 2. The zero-order chi connectivity index (χ0) is 17.6. The molecule has 1 fully saturated rings. The van der Waals surface area contributed by atoms with E-state index in [0.717, 1.165) is 23.9 Å². The van der Waals surface area contributed by atoms with E-state index in [-0.39, 0.29) is 23.5 Å². The zero-order valence-corrected chi connectivity index (χ0v) is 15.0. The molecule has 6 heteroatoms. The summed E-state index contributed by atoms with van der Waals surface area (Å²) in [5.74, 6) is 0.0477. The molecule has 0 bridgehead atoms. The molecule has 1 amide bonds. The maximum absolute atomic E-state index is 12.4. The summed E-state index contributed by atoms with van der Waals surface area (Å²) in [4.78, 5) is 12.4. The molecule has 2 N–H and O–H groups in total. The molecule has 1 aliphatic carbocycles. The smallest absolute Gasteiger partial charge is 0.242 e. The van der Waals surface area contributed by atoms with Gasteiger partial charge in [-0.3, -0.25) is 4.79 Å². The van der Waals surface area contributed by atoms with E-state index >= 15 is 0 Å². The highest BCUT2D eigenvalue weighted by molar-refractivity contribution is 7.91. The molecule has 2 aromatic carbocycles. The summed E-state index contributed by atoms with van der Waals surface area (Å²) in [5.41, 5.74) is 3.68. The summed E-state index contributed by atoms with van der Waals surface area (Å²) >= 11 is 0. The van der Waals surface area contributed by atoms with E-state index in [9.17, 15) is 13.2 Å². The van der Waals surface area contributed by atoms with E-state index in [0.29, 0.717) is 6.42 Å². The third-order valence-corrected chi connectivity index (χ3v) is 6.99. The van der Waals surface area contributed by atoms with E-state index < -0.39 is 15.9 Å². The number of carbonyl (C=O) groups is 1. The quantitative estimate of drug-likeness (QED) is 0.877. The molecule has 1 saturated heterocycles. The molecule has 2 aromatic rings. The molecule has 0 saturated carbocycles. The zero-order valence-electron chi connectivity index (χ0n) is 14.2. The van der Waals surface area contributed by atoms with Crippen LogP contribution >= 0.6 is 0 Å². The Kier molecular flexibility index (Phi) is 3.95. The van der Waals surface area contributed by atoms with Crippen LogP contribution in [0.1, 0.15) is 24.5 Å². The van der Waals surface area contributed by atoms with Crippen molar-refractivity contribution in [3.05, 3.63) is 41.5 Å². The molecule has 0 radical (unpaired) electrons. The normalized spacial score (nSPS) is 22.0. The number of hydrogen-bond acceptors (Lipinski definition) is 4. The highest BCUT2D eigenvalue weighted by atomic mass is 32.2. The van der Waals surface area contributed by atoms with E-state index in [2.05, 4.69) is 34.9 Å². The number of rotatable bonds is 4. The van der Waals surface area contributed by atoms with Crippen LogP contribution < -0.4 is 10.6 Å². The molecule has 5 nitrogen and oxygen atoms in total. The fourth-order valence-electron chi connectivity index (χ4n) is 3.91. The van der Waals surface area contributed by atoms with Gasteiger partial charge in [0.05, 0.1) is 11.5 Å². The van der Waals surface area contributed by atoms with Crippen LogP contribution in [0.2, 0.25) is 0 Å². The summed E-state index contributed by atoms with van der Waals surface area (Å²) in [5, 5.41) is 8.61. The summed E-state index contributed by atoms with van der Waals surface area (Å²) in [6.07, 6.45) is 2.65. The van der Waals surface area contributed by atoms with Crippen molar-refractivity contribution in [1.29, 1.82) is 0 Å². The van der Waals surface area contributed by atoms with Crippen LogP contribution in [0.3, 0.4) is 0 Å². The van der Waals surface area contributed by atoms with Gasteiger partial charge in [0.15, 0.2) is 9.84 Å². The third-order valence-electron chi connectivity index (χ3n) is 5.22. The minimum Gasteiger partial charge on any atom is -0.373 e. The molecule has 1 aliphatic heterocycles. The second-order valence-corrected chi connectivity index (χ2v) is 9.32. The van der Waals surface area contributed by atoms with Gasteiger partial charge < -0.3 is 10.6 Å². The van der Waals surface area contributed by atoms with Crippen molar-refractivity contribution < 1.29 is 13.2 Å². The fraction of sp³-hybridized carbons (Fsp3) is 0.421.